The summed E-state index contributed by atoms with van der Waals surface area (Å²) in [6.45, 7) is 0.942. The summed E-state index contributed by atoms with van der Waals surface area (Å²) in [5.74, 6) is -0.123. The number of pyridine rings is 1. The largest absolute Gasteiger partial charge is 0.352 e. The molecule has 0 fully saturated rings. The second-order valence-corrected chi connectivity index (χ2v) is 6.46. The lowest BCUT2D eigenvalue weighted by Crippen LogP contribution is -2.27. The highest BCUT2D eigenvalue weighted by Gasteiger charge is 2.06. The molecule has 0 spiro atoms. The molecule has 0 aliphatic carbocycles. The van der Waals surface area contributed by atoms with Gasteiger partial charge in [-0.15, -0.1) is 0 Å². The quantitative estimate of drug-likeness (QED) is 0.641. The molecule has 0 saturated carbocycles. The highest BCUT2D eigenvalue weighted by molar-refractivity contribution is 7.08. The smallest absolute Gasteiger partial charge is 0.252 e. The van der Waals surface area contributed by atoms with E-state index in [-0.39, 0.29) is 11.8 Å². The van der Waals surface area contributed by atoms with Crippen LogP contribution < -0.4 is 10.6 Å². The number of carbonyl (C=O) groups is 2. The summed E-state index contributed by atoms with van der Waals surface area (Å²) >= 11 is 1.49. The zero-order valence-corrected chi connectivity index (χ0v) is 14.5. The number of rotatable bonds is 7. The second kappa shape index (κ2) is 8.39. The molecule has 0 aliphatic heterocycles. The number of nitrogens with one attached hydrogen (secondary N) is 2. The van der Waals surface area contributed by atoms with Gasteiger partial charge in [-0.05, 0) is 35.6 Å². The number of hydrogen-bond donors (Lipinski definition) is 2. The minimum atomic E-state index is -0.0936. The summed E-state index contributed by atoms with van der Waals surface area (Å²) in [6, 6.07) is 11.7. The van der Waals surface area contributed by atoms with Crippen LogP contribution in [-0.2, 0) is 11.3 Å². The standard InChI is InChI=1S/C19H19N3O2S/c23-18(6-3-8-20-19(24)16-7-9-25-13-16)22-12-14-10-15-4-1-2-5-17(15)21-11-14/h1-2,4-5,7,9-11,13H,3,6,8,12H2,(H,20,24)(H,22,23). The van der Waals surface area contributed by atoms with Crippen LogP contribution in [0.5, 0.6) is 0 Å². The Kier molecular flexibility index (Phi) is 5.74. The monoisotopic (exact) mass is 353 g/mol. The van der Waals surface area contributed by atoms with Gasteiger partial charge in [0.25, 0.3) is 5.91 Å². The van der Waals surface area contributed by atoms with E-state index in [1.54, 1.807) is 17.6 Å². The molecule has 2 N–H and O–H groups in total. The molecule has 0 bridgehead atoms. The fraction of sp³-hybridized carbons (Fsp3) is 0.211. The Bertz CT molecular complexity index is 862. The molecule has 0 aliphatic rings. The molecule has 3 aromatic rings. The van der Waals surface area contributed by atoms with Crippen molar-refractivity contribution in [2.45, 2.75) is 19.4 Å². The molecule has 5 nitrogen and oxygen atoms in total. The van der Waals surface area contributed by atoms with Gasteiger partial charge in [-0.2, -0.15) is 11.3 Å². The Hall–Kier alpha value is -2.73. The molecular weight excluding hydrogens is 334 g/mol. The van der Waals surface area contributed by atoms with Crippen molar-refractivity contribution >= 4 is 34.1 Å². The number of fused-ring (bicyclic) bond motifs is 1. The average Bonchev–Trinajstić information content (AvgIpc) is 3.18. The van der Waals surface area contributed by atoms with E-state index >= 15 is 0 Å². The van der Waals surface area contributed by atoms with Crippen LogP contribution in [0.2, 0.25) is 0 Å². The number of hydrogen-bond acceptors (Lipinski definition) is 4. The van der Waals surface area contributed by atoms with Crippen molar-refractivity contribution in [2.24, 2.45) is 0 Å². The molecule has 0 radical (unpaired) electrons. The predicted molar refractivity (Wildman–Crippen MR) is 99.5 cm³/mol. The van der Waals surface area contributed by atoms with Gasteiger partial charge in [-0.25, -0.2) is 0 Å². The molecule has 2 aromatic heterocycles. The third-order valence-corrected chi connectivity index (χ3v) is 4.47. The van der Waals surface area contributed by atoms with Gasteiger partial charge in [0.2, 0.25) is 5.91 Å². The molecule has 128 valence electrons. The van der Waals surface area contributed by atoms with Crippen LogP contribution in [0.3, 0.4) is 0 Å². The van der Waals surface area contributed by atoms with Crippen molar-refractivity contribution in [1.82, 2.24) is 15.6 Å². The van der Waals surface area contributed by atoms with Gasteiger partial charge in [0.15, 0.2) is 0 Å². The van der Waals surface area contributed by atoms with E-state index < -0.39 is 0 Å². The first-order valence-electron chi connectivity index (χ1n) is 8.13. The summed E-state index contributed by atoms with van der Waals surface area (Å²) in [6.07, 6.45) is 2.77. The zero-order valence-electron chi connectivity index (χ0n) is 13.7. The van der Waals surface area contributed by atoms with E-state index in [9.17, 15) is 9.59 Å². The number of nitrogens with zero attached hydrogens (tertiary/aromatic N) is 1. The summed E-state index contributed by atoms with van der Waals surface area (Å²) in [5.41, 5.74) is 2.58. The first-order chi connectivity index (χ1) is 12.2. The molecule has 0 saturated heterocycles. The number of amides is 2. The van der Waals surface area contributed by atoms with Crippen molar-refractivity contribution in [3.05, 3.63) is 64.5 Å². The maximum absolute atomic E-state index is 11.9. The molecule has 25 heavy (non-hydrogen) atoms. The lowest BCUT2D eigenvalue weighted by molar-refractivity contribution is -0.121. The fourth-order valence-electron chi connectivity index (χ4n) is 2.45. The first kappa shape index (κ1) is 17.1. The lowest BCUT2D eigenvalue weighted by Gasteiger charge is -2.07. The minimum Gasteiger partial charge on any atom is -0.352 e. The van der Waals surface area contributed by atoms with Crippen molar-refractivity contribution < 1.29 is 9.59 Å². The van der Waals surface area contributed by atoms with E-state index in [1.807, 2.05) is 35.7 Å². The third-order valence-electron chi connectivity index (χ3n) is 3.79. The van der Waals surface area contributed by atoms with Crippen LogP contribution in [-0.4, -0.2) is 23.3 Å². The van der Waals surface area contributed by atoms with Crippen LogP contribution in [0.25, 0.3) is 10.9 Å². The number of benzene rings is 1. The van der Waals surface area contributed by atoms with Crippen LogP contribution in [0.1, 0.15) is 28.8 Å². The van der Waals surface area contributed by atoms with Crippen LogP contribution in [0.15, 0.2) is 53.4 Å². The second-order valence-electron chi connectivity index (χ2n) is 5.68. The lowest BCUT2D eigenvalue weighted by atomic mass is 10.1. The predicted octanol–water partition coefficient (Wildman–Crippen LogP) is 3.12. The number of aromatic nitrogens is 1. The SMILES string of the molecule is O=C(CCCNC(=O)c1ccsc1)NCc1cnc2ccccc2c1. The van der Waals surface area contributed by atoms with E-state index in [4.69, 9.17) is 0 Å². The van der Waals surface area contributed by atoms with E-state index in [1.165, 1.54) is 11.3 Å². The Labute approximate surface area is 150 Å². The zero-order chi connectivity index (χ0) is 17.5. The van der Waals surface area contributed by atoms with Gasteiger partial charge in [-0.1, -0.05) is 18.2 Å². The van der Waals surface area contributed by atoms with Gasteiger partial charge in [0.05, 0.1) is 5.52 Å². The van der Waals surface area contributed by atoms with Gasteiger partial charge in [0, 0.05) is 42.0 Å². The van der Waals surface area contributed by atoms with Gasteiger partial charge in [0.1, 0.15) is 0 Å². The van der Waals surface area contributed by atoms with Crippen LogP contribution in [0, 0.1) is 0 Å². The molecule has 0 atom stereocenters. The van der Waals surface area contributed by atoms with Crippen LogP contribution in [0.4, 0.5) is 0 Å². The Balaban J connectivity index is 1.38. The minimum absolute atomic E-state index is 0.0297. The number of para-hydroxylation sites is 1. The molecule has 0 unspecified atom stereocenters. The van der Waals surface area contributed by atoms with Crippen molar-refractivity contribution in [3.8, 4) is 0 Å². The highest BCUT2D eigenvalue weighted by atomic mass is 32.1. The van der Waals surface area contributed by atoms with Gasteiger partial charge >= 0.3 is 0 Å². The molecule has 3 rings (SSSR count). The average molecular weight is 353 g/mol. The van der Waals surface area contributed by atoms with Crippen molar-refractivity contribution in [3.63, 3.8) is 0 Å². The van der Waals surface area contributed by atoms with Gasteiger partial charge < -0.3 is 10.6 Å². The van der Waals surface area contributed by atoms with E-state index in [2.05, 4.69) is 15.6 Å². The third kappa shape index (κ3) is 4.87. The number of thiophene rings is 1. The molecular formula is C19H19N3O2S. The summed E-state index contributed by atoms with van der Waals surface area (Å²) in [5, 5.41) is 10.4. The Morgan fingerprint density at radius 2 is 2.00 bits per heavy atom. The van der Waals surface area contributed by atoms with E-state index in [0.717, 1.165) is 16.5 Å². The first-order valence-corrected chi connectivity index (χ1v) is 9.07. The highest BCUT2D eigenvalue weighted by Crippen LogP contribution is 2.12. The molecule has 2 heterocycles. The Morgan fingerprint density at radius 1 is 1.12 bits per heavy atom. The topological polar surface area (TPSA) is 71.1 Å². The van der Waals surface area contributed by atoms with Gasteiger partial charge in [-0.3, -0.25) is 14.6 Å². The molecule has 1 aromatic carbocycles. The van der Waals surface area contributed by atoms with Crippen LogP contribution >= 0.6 is 11.3 Å². The normalized spacial score (nSPS) is 10.6. The maximum atomic E-state index is 11.9. The maximum Gasteiger partial charge on any atom is 0.252 e. The molecule has 2 amide bonds. The summed E-state index contributed by atoms with van der Waals surface area (Å²) in [4.78, 5) is 28.0. The summed E-state index contributed by atoms with van der Waals surface area (Å²) in [7, 11) is 0. The van der Waals surface area contributed by atoms with Crippen molar-refractivity contribution in [1.29, 1.82) is 0 Å². The fourth-order valence-corrected chi connectivity index (χ4v) is 3.08. The van der Waals surface area contributed by atoms with E-state index in [0.29, 0.717) is 31.5 Å². The Morgan fingerprint density at radius 3 is 2.84 bits per heavy atom. The summed E-state index contributed by atoms with van der Waals surface area (Å²) < 4.78 is 0. The molecule has 6 heteroatoms. The number of carbonyl (C=O) groups excluding carboxylic acids is 2. The van der Waals surface area contributed by atoms with Crippen molar-refractivity contribution in [2.75, 3.05) is 6.54 Å².